The van der Waals surface area contributed by atoms with Crippen LogP contribution in [0.3, 0.4) is 0 Å². The van der Waals surface area contributed by atoms with Gasteiger partial charge in [-0.15, -0.1) is 0 Å². The third kappa shape index (κ3) is 2.81. The Morgan fingerprint density at radius 3 is 2.08 bits per heavy atom. The van der Waals surface area contributed by atoms with Gasteiger partial charge in [-0.05, 0) is 12.8 Å². The lowest BCUT2D eigenvalue weighted by Crippen LogP contribution is -2.37. The summed E-state index contributed by atoms with van der Waals surface area (Å²) < 4.78 is 0. The predicted molar refractivity (Wildman–Crippen MR) is 48.7 cm³/mol. The highest BCUT2D eigenvalue weighted by Crippen LogP contribution is 2.09. The highest BCUT2D eigenvalue weighted by atomic mass is 16.2. The van der Waals surface area contributed by atoms with Crippen LogP contribution in [0.1, 0.15) is 32.1 Å². The van der Waals surface area contributed by atoms with Crippen molar-refractivity contribution in [3.8, 4) is 0 Å². The second-order valence-corrected chi connectivity index (χ2v) is 3.35. The van der Waals surface area contributed by atoms with Crippen LogP contribution in [0, 0.1) is 0 Å². The van der Waals surface area contributed by atoms with Crippen molar-refractivity contribution in [1.82, 2.24) is 4.90 Å². The molecule has 0 saturated carbocycles. The van der Waals surface area contributed by atoms with E-state index in [0.29, 0.717) is 0 Å². The highest BCUT2D eigenvalue weighted by molar-refractivity contribution is 5.77. The molecule has 0 aromatic heterocycles. The molecular formula is C9H18N2O. The highest BCUT2D eigenvalue weighted by Gasteiger charge is 2.12. The van der Waals surface area contributed by atoms with E-state index < -0.39 is 0 Å². The Morgan fingerprint density at radius 1 is 1.08 bits per heavy atom. The van der Waals surface area contributed by atoms with E-state index in [-0.39, 0.29) is 12.5 Å². The molecule has 0 spiro atoms. The van der Waals surface area contributed by atoms with Crippen LogP contribution in [-0.4, -0.2) is 30.4 Å². The van der Waals surface area contributed by atoms with Gasteiger partial charge in [0, 0.05) is 13.1 Å². The summed E-state index contributed by atoms with van der Waals surface area (Å²) in [6.45, 7) is 1.99. The van der Waals surface area contributed by atoms with Crippen molar-refractivity contribution in [3.63, 3.8) is 0 Å². The van der Waals surface area contributed by atoms with Crippen molar-refractivity contribution >= 4 is 5.91 Å². The summed E-state index contributed by atoms with van der Waals surface area (Å²) in [7, 11) is 0. The largest absolute Gasteiger partial charge is 0.342 e. The molecule has 0 bridgehead atoms. The van der Waals surface area contributed by atoms with Gasteiger partial charge in [0.1, 0.15) is 0 Å². The normalized spacial score (nSPS) is 19.9. The fourth-order valence-corrected chi connectivity index (χ4v) is 1.63. The Morgan fingerprint density at radius 2 is 1.58 bits per heavy atom. The molecular weight excluding hydrogens is 152 g/mol. The Hall–Kier alpha value is -0.570. The van der Waals surface area contributed by atoms with Gasteiger partial charge in [0.2, 0.25) is 5.91 Å². The van der Waals surface area contributed by atoms with Crippen molar-refractivity contribution in [1.29, 1.82) is 0 Å². The van der Waals surface area contributed by atoms with Crippen LogP contribution in [0.5, 0.6) is 0 Å². The van der Waals surface area contributed by atoms with Crippen LogP contribution in [0.4, 0.5) is 0 Å². The number of likely N-dealkylation sites (tertiary alicyclic amines) is 1. The van der Waals surface area contributed by atoms with Crippen molar-refractivity contribution in [2.24, 2.45) is 5.73 Å². The number of nitrogens with two attached hydrogens (primary N) is 1. The van der Waals surface area contributed by atoms with Gasteiger partial charge in [-0.1, -0.05) is 19.3 Å². The first kappa shape index (κ1) is 9.52. The summed E-state index contributed by atoms with van der Waals surface area (Å²) in [6.07, 6.45) is 6.13. The molecule has 1 rings (SSSR count). The molecule has 12 heavy (non-hydrogen) atoms. The van der Waals surface area contributed by atoms with Gasteiger partial charge in [0.05, 0.1) is 6.54 Å². The maximum atomic E-state index is 11.2. The first-order valence-electron chi connectivity index (χ1n) is 4.82. The molecule has 1 fully saturated rings. The molecule has 2 N–H and O–H groups in total. The van der Waals surface area contributed by atoms with E-state index in [4.69, 9.17) is 5.73 Å². The molecule has 1 aliphatic rings. The minimum absolute atomic E-state index is 0.108. The van der Waals surface area contributed by atoms with Gasteiger partial charge in [-0.25, -0.2) is 0 Å². The maximum absolute atomic E-state index is 11.2. The van der Waals surface area contributed by atoms with E-state index >= 15 is 0 Å². The average molecular weight is 170 g/mol. The average Bonchev–Trinajstić information content (AvgIpc) is 2.02. The summed E-state index contributed by atoms with van der Waals surface area (Å²) >= 11 is 0. The van der Waals surface area contributed by atoms with Crippen LogP contribution in [0.15, 0.2) is 0 Å². The molecule has 3 heteroatoms. The molecule has 1 aliphatic heterocycles. The Labute approximate surface area is 73.9 Å². The zero-order chi connectivity index (χ0) is 8.81. The van der Waals surface area contributed by atoms with Gasteiger partial charge in [-0.3, -0.25) is 4.79 Å². The van der Waals surface area contributed by atoms with Gasteiger partial charge in [0.15, 0.2) is 0 Å². The molecule has 1 heterocycles. The molecule has 0 radical (unpaired) electrons. The van der Waals surface area contributed by atoms with Crippen molar-refractivity contribution < 1.29 is 4.79 Å². The third-order valence-electron chi connectivity index (χ3n) is 2.38. The maximum Gasteiger partial charge on any atom is 0.236 e. The SMILES string of the molecule is NCC(=O)N1CCCCCCC1. The summed E-state index contributed by atoms with van der Waals surface area (Å²) in [5, 5.41) is 0. The number of nitrogens with zero attached hydrogens (tertiary/aromatic N) is 1. The van der Waals surface area contributed by atoms with Crippen LogP contribution in [0.2, 0.25) is 0 Å². The second-order valence-electron chi connectivity index (χ2n) is 3.35. The van der Waals surface area contributed by atoms with E-state index in [0.717, 1.165) is 25.9 Å². The minimum Gasteiger partial charge on any atom is -0.342 e. The number of rotatable bonds is 1. The van der Waals surface area contributed by atoms with Gasteiger partial charge in [-0.2, -0.15) is 0 Å². The fourth-order valence-electron chi connectivity index (χ4n) is 1.63. The Kier molecular flexibility index (Phi) is 4.08. The van der Waals surface area contributed by atoms with Crippen LogP contribution < -0.4 is 5.73 Å². The van der Waals surface area contributed by atoms with Gasteiger partial charge in [0.25, 0.3) is 0 Å². The van der Waals surface area contributed by atoms with E-state index in [1.807, 2.05) is 4.90 Å². The third-order valence-corrected chi connectivity index (χ3v) is 2.38. The summed E-state index contributed by atoms with van der Waals surface area (Å²) in [4.78, 5) is 13.1. The van der Waals surface area contributed by atoms with E-state index in [9.17, 15) is 4.79 Å². The van der Waals surface area contributed by atoms with E-state index in [1.54, 1.807) is 0 Å². The zero-order valence-electron chi connectivity index (χ0n) is 7.59. The number of carbonyl (C=O) groups excluding carboxylic acids is 1. The molecule has 70 valence electrons. The van der Waals surface area contributed by atoms with Gasteiger partial charge >= 0.3 is 0 Å². The molecule has 0 atom stereocenters. The number of carbonyl (C=O) groups is 1. The molecule has 1 saturated heterocycles. The molecule has 3 nitrogen and oxygen atoms in total. The summed E-state index contributed by atoms with van der Waals surface area (Å²) in [5.74, 6) is 0.108. The molecule has 0 aromatic rings. The van der Waals surface area contributed by atoms with Crippen LogP contribution >= 0.6 is 0 Å². The lowest BCUT2D eigenvalue weighted by Gasteiger charge is -2.24. The quantitative estimate of drug-likeness (QED) is 0.631. The topological polar surface area (TPSA) is 46.3 Å². The van der Waals surface area contributed by atoms with Crippen LogP contribution in [-0.2, 0) is 4.79 Å². The molecule has 0 aromatic carbocycles. The van der Waals surface area contributed by atoms with Gasteiger partial charge < -0.3 is 10.6 Å². The number of hydrogen-bond acceptors (Lipinski definition) is 2. The van der Waals surface area contributed by atoms with E-state index in [1.165, 1.54) is 19.3 Å². The molecule has 0 unspecified atom stereocenters. The monoisotopic (exact) mass is 170 g/mol. The first-order valence-corrected chi connectivity index (χ1v) is 4.82. The minimum atomic E-state index is 0.108. The standard InChI is InChI=1S/C9H18N2O/c10-8-9(12)11-6-4-2-1-3-5-7-11/h1-8,10H2. The van der Waals surface area contributed by atoms with Crippen molar-refractivity contribution in [2.45, 2.75) is 32.1 Å². The molecule has 0 aliphatic carbocycles. The van der Waals surface area contributed by atoms with Crippen LogP contribution in [0.25, 0.3) is 0 Å². The first-order chi connectivity index (χ1) is 5.84. The van der Waals surface area contributed by atoms with E-state index in [2.05, 4.69) is 0 Å². The Balaban J connectivity index is 2.34. The lowest BCUT2D eigenvalue weighted by molar-refractivity contribution is -0.130. The smallest absolute Gasteiger partial charge is 0.236 e. The Bertz CT molecular complexity index is 139. The molecule has 1 amide bonds. The number of hydrogen-bond donors (Lipinski definition) is 1. The fraction of sp³-hybridized carbons (Fsp3) is 0.889. The summed E-state index contributed by atoms with van der Waals surface area (Å²) in [5.41, 5.74) is 5.30. The van der Waals surface area contributed by atoms with Crippen molar-refractivity contribution in [3.05, 3.63) is 0 Å². The summed E-state index contributed by atoms with van der Waals surface area (Å²) in [6, 6.07) is 0. The predicted octanol–water partition coefficient (Wildman–Crippen LogP) is 0.738. The van der Waals surface area contributed by atoms with Crippen molar-refractivity contribution in [2.75, 3.05) is 19.6 Å². The lowest BCUT2D eigenvalue weighted by atomic mass is 10.1. The number of amides is 1. The second kappa shape index (κ2) is 5.14. The zero-order valence-corrected chi connectivity index (χ0v) is 7.59.